The number of halogens is 1. The molecule has 2 aromatic rings. The summed E-state index contributed by atoms with van der Waals surface area (Å²) in [6.07, 6.45) is 2.30. The summed E-state index contributed by atoms with van der Waals surface area (Å²) >= 11 is 5.28. The van der Waals surface area contributed by atoms with Gasteiger partial charge in [0, 0.05) is 21.1 Å². The molecule has 1 aliphatic rings. The van der Waals surface area contributed by atoms with Gasteiger partial charge in [0.2, 0.25) is 5.91 Å². The number of aryl methyl sites for hydroxylation is 1. The molecular weight excluding hydrogens is 360 g/mol. The Balaban J connectivity index is 1.62. The van der Waals surface area contributed by atoms with E-state index in [0.717, 1.165) is 35.1 Å². The zero-order valence-electron chi connectivity index (χ0n) is 12.5. The Bertz CT molecular complexity index is 657. The molecular formula is C17H19BrN2OS. The molecule has 5 heteroatoms. The molecule has 116 valence electrons. The van der Waals surface area contributed by atoms with Gasteiger partial charge in [-0.3, -0.25) is 9.69 Å². The van der Waals surface area contributed by atoms with Crippen LogP contribution in [0.2, 0.25) is 0 Å². The van der Waals surface area contributed by atoms with Crippen molar-refractivity contribution in [3.8, 4) is 0 Å². The van der Waals surface area contributed by atoms with E-state index in [0.29, 0.717) is 12.6 Å². The summed E-state index contributed by atoms with van der Waals surface area (Å²) in [7, 11) is 0. The van der Waals surface area contributed by atoms with Gasteiger partial charge in [-0.15, -0.1) is 11.3 Å². The highest BCUT2D eigenvalue weighted by Gasteiger charge is 2.28. The standard InChI is InChI=1S/C17H19BrN2OS/c1-12-6-7-13(10-14(12)18)19-17(21)11-20-8-2-4-15(20)16-5-3-9-22-16/h3,5-7,9-10,15H,2,4,8,11H2,1H3,(H,19,21)/t15-/m0/s1. The average molecular weight is 379 g/mol. The topological polar surface area (TPSA) is 32.3 Å². The smallest absolute Gasteiger partial charge is 0.238 e. The van der Waals surface area contributed by atoms with Gasteiger partial charge in [0.15, 0.2) is 0 Å². The lowest BCUT2D eigenvalue weighted by Crippen LogP contribution is -2.32. The van der Waals surface area contributed by atoms with Crippen molar-refractivity contribution >= 4 is 38.9 Å². The van der Waals surface area contributed by atoms with Gasteiger partial charge < -0.3 is 5.32 Å². The lowest BCUT2D eigenvalue weighted by Gasteiger charge is -2.22. The molecule has 1 aliphatic heterocycles. The zero-order valence-corrected chi connectivity index (χ0v) is 14.9. The second-order valence-corrected chi connectivity index (χ2v) is 7.49. The lowest BCUT2D eigenvalue weighted by molar-refractivity contribution is -0.117. The highest BCUT2D eigenvalue weighted by atomic mass is 79.9. The maximum atomic E-state index is 12.3. The molecule has 0 unspecified atom stereocenters. The summed E-state index contributed by atoms with van der Waals surface area (Å²) in [6, 6.07) is 10.6. The van der Waals surface area contributed by atoms with Gasteiger partial charge in [0.05, 0.1) is 6.54 Å². The van der Waals surface area contributed by atoms with E-state index in [-0.39, 0.29) is 5.91 Å². The van der Waals surface area contributed by atoms with Crippen LogP contribution < -0.4 is 5.32 Å². The Labute approximate surface area is 143 Å². The largest absolute Gasteiger partial charge is 0.325 e. The van der Waals surface area contributed by atoms with Crippen LogP contribution in [-0.2, 0) is 4.79 Å². The molecule has 3 rings (SSSR count). The van der Waals surface area contributed by atoms with Gasteiger partial charge >= 0.3 is 0 Å². The highest BCUT2D eigenvalue weighted by molar-refractivity contribution is 9.10. The number of carbonyl (C=O) groups is 1. The molecule has 1 atom stereocenters. The SMILES string of the molecule is Cc1ccc(NC(=O)CN2CCC[C@H]2c2cccs2)cc1Br. The monoisotopic (exact) mass is 378 g/mol. The number of nitrogens with one attached hydrogen (secondary N) is 1. The third-order valence-corrected chi connectivity index (χ3v) is 5.87. The van der Waals surface area contributed by atoms with Crippen molar-refractivity contribution in [3.05, 3.63) is 50.6 Å². The maximum Gasteiger partial charge on any atom is 0.238 e. The molecule has 1 fully saturated rings. The van der Waals surface area contributed by atoms with Crippen LogP contribution >= 0.6 is 27.3 Å². The van der Waals surface area contributed by atoms with Crippen LogP contribution in [0.1, 0.15) is 29.3 Å². The predicted molar refractivity (Wildman–Crippen MR) is 95.4 cm³/mol. The fraction of sp³-hybridized carbons (Fsp3) is 0.353. The maximum absolute atomic E-state index is 12.3. The number of hydrogen-bond acceptors (Lipinski definition) is 3. The van der Waals surface area contributed by atoms with Gasteiger partial charge in [-0.25, -0.2) is 0 Å². The Hall–Kier alpha value is -1.17. The minimum Gasteiger partial charge on any atom is -0.325 e. The van der Waals surface area contributed by atoms with Gasteiger partial charge in [0.1, 0.15) is 0 Å². The van der Waals surface area contributed by atoms with Crippen molar-refractivity contribution in [2.75, 3.05) is 18.4 Å². The second kappa shape index (κ2) is 6.94. The fourth-order valence-corrected chi connectivity index (χ4v) is 4.15. The van der Waals surface area contributed by atoms with Gasteiger partial charge in [-0.1, -0.05) is 28.1 Å². The molecule has 1 N–H and O–H groups in total. The first-order valence-electron chi connectivity index (χ1n) is 7.47. The molecule has 0 spiro atoms. The number of hydrogen-bond donors (Lipinski definition) is 1. The van der Waals surface area contributed by atoms with E-state index in [1.165, 1.54) is 4.88 Å². The van der Waals surface area contributed by atoms with E-state index in [4.69, 9.17) is 0 Å². The Morgan fingerprint density at radius 3 is 3.05 bits per heavy atom. The fourth-order valence-electron chi connectivity index (χ4n) is 2.87. The Kier molecular flexibility index (Phi) is 4.96. The molecule has 1 saturated heterocycles. The van der Waals surface area contributed by atoms with Crippen LogP contribution in [0.5, 0.6) is 0 Å². The van der Waals surface area contributed by atoms with Crippen LogP contribution in [0.25, 0.3) is 0 Å². The third-order valence-electron chi connectivity index (χ3n) is 4.04. The van der Waals surface area contributed by atoms with Crippen molar-refractivity contribution in [2.24, 2.45) is 0 Å². The third kappa shape index (κ3) is 3.59. The summed E-state index contributed by atoms with van der Waals surface area (Å²) in [5.74, 6) is 0.0548. The Morgan fingerprint density at radius 1 is 1.45 bits per heavy atom. The molecule has 1 aromatic carbocycles. The summed E-state index contributed by atoms with van der Waals surface area (Å²) in [4.78, 5) is 16.0. The summed E-state index contributed by atoms with van der Waals surface area (Å²) in [5, 5.41) is 5.10. The summed E-state index contributed by atoms with van der Waals surface area (Å²) < 4.78 is 1.02. The predicted octanol–water partition coefficient (Wildman–Crippen LogP) is 4.59. The van der Waals surface area contributed by atoms with E-state index in [2.05, 4.69) is 43.7 Å². The molecule has 22 heavy (non-hydrogen) atoms. The number of nitrogens with zero attached hydrogens (tertiary/aromatic N) is 1. The second-order valence-electron chi connectivity index (χ2n) is 5.66. The van der Waals surface area contributed by atoms with Gasteiger partial charge in [-0.2, -0.15) is 0 Å². The summed E-state index contributed by atoms with van der Waals surface area (Å²) in [6.45, 7) is 3.48. The molecule has 3 nitrogen and oxygen atoms in total. The van der Waals surface area contributed by atoms with Crippen LogP contribution in [0.15, 0.2) is 40.2 Å². The number of thiophene rings is 1. The van der Waals surface area contributed by atoms with E-state index >= 15 is 0 Å². The van der Waals surface area contributed by atoms with Crippen LogP contribution in [0.3, 0.4) is 0 Å². The molecule has 0 saturated carbocycles. The van der Waals surface area contributed by atoms with E-state index in [1.807, 2.05) is 25.1 Å². The number of amides is 1. The van der Waals surface area contributed by atoms with Crippen LogP contribution in [0.4, 0.5) is 5.69 Å². The molecule has 0 bridgehead atoms. The van der Waals surface area contributed by atoms with Gasteiger partial charge in [0.25, 0.3) is 0 Å². The molecule has 1 aromatic heterocycles. The van der Waals surface area contributed by atoms with Crippen LogP contribution in [0, 0.1) is 6.92 Å². The van der Waals surface area contributed by atoms with E-state index < -0.39 is 0 Å². The number of anilines is 1. The Morgan fingerprint density at radius 2 is 2.32 bits per heavy atom. The van der Waals surface area contributed by atoms with Crippen molar-refractivity contribution in [2.45, 2.75) is 25.8 Å². The van der Waals surface area contributed by atoms with Crippen LogP contribution in [-0.4, -0.2) is 23.9 Å². The molecule has 2 heterocycles. The number of likely N-dealkylation sites (tertiary alicyclic amines) is 1. The molecule has 1 amide bonds. The number of benzene rings is 1. The average Bonchev–Trinajstić information content (AvgIpc) is 3.13. The summed E-state index contributed by atoms with van der Waals surface area (Å²) in [5.41, 5.74) is 2.00. The van der Waals surface area contributed by atoms with Crippen molar-refractivity contribution in [3.63, 3.8) is 0 Å². The van der Waals surface area contributed by atoms with Crippen molar-refractivity contribution in [1.29, 1.82) is 0 Å². The first-order chi connectivity index (χ1) is 10.6. The van der Waals surface area contributed by atoms with Crippen molar-refractivity contribution in [1.82, 2.24) is 4.90 Å². The minimum atomic E-state index is 0.0548. The van der Waals surface area contributed by atoms with E-state index in [9.17, 15) is 4.79 Å². The van der Waals surface area contributed by atoms with Crippen molar-refractivity contribution < 1.29 is 4.79 Å². The lowest BCUT2D eigenvalue weighted by atomic mass is 10.2. The first-order valence-corrected chi connectivity index (χ1v) is 9.14. The normalized spacial score (nSPS) is 18.5. The zero-order chi connectivity index (χ0) is 15.5. The highest BCUT2D eigenvalue weighted by Crippen LogP contribution is 2.34. The van der Waals surface area contributed by atoms with Gasteiger partial charge in [-0.05, 0) is 55.5 Å². The minimum absolute atomic E-state index is 0.0548. The van der Waals surface area contributed by atoms with E-state index in [1.54, 1.807) is 11.3 Å². The molecule has 0 aliphatic carbocycles. The quantitative estimate of drug-likeness (QED) is 0.843. The number of rotatable bonds is 4. The molecule has 0 radical (unpaired) electrons. The first kappa shape index (κ1) is 15.7. The number of carbonyl (C=O) groups excluding carboxylic acids is 1.